The van der Waals surface area contributed by atoms with Crippen LogP contribution in [0.2, 0.25) is 0 Å². The Bertz CT molecular complexity index is 575. The Balaban J connectivity index is 1.67. The Kier molecular flexibility index (Phi) is 4.22. The SMILES string of the molecule is COc1ccc(CNCCC2CCC2)c2ccccc12. The lowest BCUT2D eigenvalue weighted by Gasteiger charge is -2.25. The molecule has 0 saturated heterocycles. The molecule has 2 aromatic carbocycles. The molecular formula is C18H23NO. The molecule has 1 N–H and O–H groups in total. The summed E-state index contributed by atoms with van der Waals surface area (Å²) in [6, 6.07) is 12.7. The summed E-state index contributed by atoms with van der Waals surface area (Å²) in [5.74, 6) is 1.94. The second-order valence-electron chi connectivity index (χ2n) is 5.73. The summed E-state index contributed by atoms with van der Waals surface area (Å²) in [7, 11) is 1.73. The van der Waals surface area contributed by atoms with Crippen LogP contribution in [0.4, 0.5) is 0 Å². The summed E-state index contributed by atoms with van der Waals surface area (Å²) in [6.45, 7) is 2.07. The van der Waals surface area contributed by atoms with Gasteiger partial charge < -0.3 is 10.1 Å². The van der Waals surface area contributed by atoms with Gasteiger partial charge in [0.1, 0.15) is 5.75 Å². The molecule has 0 heterocycles. The summed E-state index contributed by atoms with van der Waals surface area (Å²) < 4.78 is 5.44. The molecule has 0 aliphatic heterocycles. The van der Waals surface area contributed by atoms with Crippen molar-refractivity contribution in [1.82, 2.24) is 5.32 Å². The van der Waals surface area contributed by atoms with Gasteiger partial charge in [-0.05, 0) is 35.9 Å². The van der Waals surface area contributed by atoms with Crippen molar-refractivity contribution in [1.29, 1.82) is 0 Å². The fraction of sp³-hybridized carbons (Fsp3) is 0.444. The first-order valence-electron chi connectivity index (χ1n) is 7.64. The van der Waals surface area contributed by atoms with E-state index in [1.165, 1.54) is 42.0 Å². The minimum Gasteiger partial charge on any atom is -0.496 e. The smallest absolute Gasteiger partial charge is 0.126 e. The maximum absolute atomic E-state index is 5.44. The number of benzene rings is 2. The number of rotatable bonds is 6. The fourth-order valence-corrected chi connectivity index (χ4v) is 2.98. The van der Waals surface area contributed by atoms with Crippen LogP contribution in [0.15, 0.2) is 36.4 Å². The molecule has 2 nitrogen and oxygen atoms in total. The molecule has 0 bridgehead atoms. The van der Waals surface area contributed by atoms with Crippen molar-refractivity contribution < 1.29 is 4.74 Å². The molecule has 0 spiro atoms. The van der Waals surface area contributed by atoms with Crippen LogP contribution in [-0.2, 0) is 6.54 Å². The van der Waals surface area contributed by atoms with Crippen molar-refractivity contribution in [2.24, 2.45) is 5.92 Å². The van der Waals surface area contributed by atoms with E-state index < -0.39 is 0 Å². The number of methoxy groups -OCH3 is 1. The lowest BCUT2D eigenvalue weighted by molar-refractivity contribution is 0.292. The number of hydrogen-bond acceptors (Lipinski definition) is 2. The first kappa shape index (κ1) is 13.4. The highest BCUT2D eigenvalue weighted by Crippen LogP contribution is 2.29. The Hall–Kier alpha value is -1.54. The van der Waals surface area contributed by atoms with Gasteiger partial charge in [0.2, 0.25) is 0 Å². The molecule has 1 aliphatic rings. The minimum atomic E-state index is 0.942. The van der Waals surface area contributed by atoms with Crippen LogP contribution in [0.3, 0.4) is 0 Å². The summed E-state index contributed by atoms with van der Waals surface area (Å²) in [5.41, 5.74) is 1.36. The standard InChI is InChI=1S/C18H23NO/c1-20-18-10-9-15(16-7-2-3-8-17(16)18)13-19-12-11-14-5-4-6-14/h2-3,7-10,14,19H,4-6,11-13H2,1H3. The Labute approximate surface area is 121 Å². The number of nitrogens with one attached hydrogen (secondary N) is 1. The van der Waals surface area contributed by atoms with Crippen molar-refractivity contribution in [3.63, 3.8) is 0 Å². The predicted octanol–water partition coefficient (Wildman–Crippen LogP) is 4.13. The van der Waals surface area contributed by atoms with E-state index in [0.29, 0.717) is 0 Å². The van der Waals surface area contributed by atoms with Crippen molar-refractivity contribution in [3.05, 3.63) is 42.0 Å². The molecule has 0 unspecified atom stereocenters. The van der Waals surface area contributed by atoms with Crippen LogP contribution in [-0.4, -0.2) is 13.7 Å². The molecule has 2 aromatic rings. The lowest BCUT2D eigenvalue weighted by atomic mass is 9.83. The molecule has 3 rings (SSSR count). The summed E-state index contributed by atoms with van der Waals surface area (Å²) in [6.07, 6.45) is 5.64. The van der Waals surface area contributed by atoms with E-state index in [-0.39, 0.29) is 0 Å². The van der Waals surface area contributed by atoms with E-state index in [9.17, 15) is 0 Å². The molecule has 2 heteroatoms. The molecule has 0 radical (unpaired) electrons. The van der Waals surface area contributed by atoms with Gasteiger partial charge in [-0.15, -0.1) is 0 Å². The molecule has 20 heavy (non-hydrogen) atoms. The quantitative estimate of drug-likeness (QED) is 0.796. The molecule has 0 atom stereocenters. The van der Waals surface area contributed by atoms with Crippen molar-refractivity contribution in [2.45, 2.75) is 32.2 Å². The first-order valence-corrected chi connectivity index (χ1v) is 7.64. The third-order valence-corrected chi connectivity index (χ3v) is 4.46. The molecular weight excluding hydrogens is 246 g/mol. The topological polar surface area (TPSA) is 21.3 Å². The average Bonchev–Trinajstić information content (AvgIpc) is 2.45. The van der Waals surface area contributed by atoms with Crippen molar-refractivity contribution in [2.75, 3.05) is 13.7 Å². The third kappa shape index (κ3) is 2.80. The zero-order valence-corrected chi connectivity index (χ0v) is 12.2. The second kappa shape index (κ2) is 6.27. The van der Waals surface area contributed by atoms with Gasteiger partial charge in [-0.2, -0.15) is 0 Å². The van der Waals surface area contributed by atoms with Crippen molar-refractivity contribution >= 4 is 10.8 Å². The summed E-state index contributed by atoms with van der Waals surface area (Å²) in [4.78, 5) is 0. The average molecular weight is 269 g/mol. The van der Waals surface area contributed by atoms with Crippen LogP contribution >= 0.6 is 0 Å². The van der Waals surface area contributed by atoms with Crippen LogP contribution in [0.5, 0.6) is 5.75 Å². The van der Waals surface area contributed by atoms with Gasteiger partial charge in [0.25, 0.3) is 0 Å². The van der Waals surface area contributed by atoms with Gasteiger partial charge in [-0.25, -0.2) is 0 Å². The van der Waals surface area contributed by atoms with Gasteiger partial charge in [-0.1, -0.05) is 49.6 Å². The van der Waals surface area contributed by atoms with E-state index in [0.717, 1.165) is 24.8 Å². The second-order valence-corrected chi connectivity index (χ2v) is 5.73. The van der Waals surface area contributed by atoms with Gasteiger partial charge >= 0.3 is 0 Å². The Morgan fingerprint density at radius 3 is 2.60 bits per heavy atom. The van der Waals surface area contributed by atoms with Crippen molar-refractivity contribution in [3.8, 4) is 5.75 Å². The van der Waals surface area contributed by atoms with Gasteiger partial charge in [0, 0.05) is 11.9 Å². The van der Waals surface area contributed by atoms with Gasteiger partial charge in [0.05, 0.1) is 7.11 Å². The highest BCUT2D eigenvalue weighted by Gasteiger charge is 2.16. The zero-order valence-electron chi connectivity index (χ0n) is 12.2. The zero-order chi connectivity index (χ0) is 13.8. The van der Waals surface area contributed by atoms with E-state index in [4.69, 9.17) is 4.74 Å². The summed E-state index contributed by atoms with van der Waals surface area (Å²) in [5, 5.41) is 6.09. The number of fused-ring (bicyclic) bond motifs is 1. The van der Waals surface area contributed by atoms with Crippen LogP contribution in [0.25, 0.3) is 10.8 Å². The molecule has 0 aromatic heterocycles. The normalized spacial score (nSPS) is 15.2. The van der Waals surface area contributed by atoms with Gasteiger partial charge in [0.15, 0.2) is 0 Å². The Morgan fingerprint density at radius 1 is 1.10 bits per heavy atom. The van der Waals surface area contributed by atoms with Gasteiger partial charge in [-0.3, -0.25) is 0 Å². The largest absolute Gasteiger partial charge is 0.496 e. The maximum Gasteiger partial charge on any atom is 0.126 e. The number of ether oxygens (including phenoxy) is 1. The molecule has 1 fully saturated rings. The van der Waals surface area contributed by atoms with Crippen LogP contribution < -0.4 is 10.1 Å². The highest BCUT2D eigenvalue weighted by molar-refractivity contribution is 5.91. The molecule has 106 valence electrons. The van der Waals surface area contributed by atoms with E-state index >= 15 is 0 Å². The monoisotopic (exact) mass is 269 g/mol. The van der Waals surface area contributed by atoms with E-state index in [1.54, 1.807) is 7.11 Å². The fourth-order valence-electron chi connectivity index (χ4n) is 2.98. The van der Waals surface area contributed by atoms with E-state index in [2.05, 4.69) is 41.7 Å². The maximum atomic E-state index is 5.44. The van der Waals surface area contributed by atoms with E-state index in [1.807, 2.05) is 0 Å². The summed E-state index contributed by atoms with van der Waals surface area (Å²) >= 11 is 0. The Morgan fingerprint density at radius 2 is 1.90 bits per heavy atom. The van der Waals surface area contributed by atoms with Crippen LogP contribution in [0.1, 0.15) is 31.2 Å². The third-order valence-electron chi connectivity index (χ3n) is 4.46. The molecule has 1 aliphatic carbocycles. The highest BCUT2D eigenvalue weighted by atomic mass is 16.5. The first-order chi connectivity index (χ1) is 9.88. The number of hydrogen-bond donors (Lipinski definition) is 1. The minimum absolute atomic E-state index is 0.942. The predicted molar refractivity (Wildman–Crippen MR) is 84.2 cm³/mol. The molecule has 0 amide bonds. The van der Waals surface area contributed by atoms with Crippen LogP contribution in [0, 0.1) is 5.92 Å². The molecule has 1 saturated carbocycles. The lowest BCUT2D eigenvalue weighted by Crippen LogP contribution is -2.21.